The van der Waals surface area contributed by atoms with Crippen molar-refractivity contribution < 1.29 is 53.0 Å². The SMILES string of the molecule is CC(OC(=O)OC/C=C/C1=CC(OCCC(=O)O)CC(/C=C/COC(=O)OC(C)c2ccccc2[N+](=O)[O-])=C1)c1ccccc1[N+](=O)[O-]. The molecule has 3 atom stereocenters. The molecular formula is C33H34N2O13. The lowest BCUT2D eigenvalue weighted by Gasteiger charge is -2.20. The quantitative estimate of drug-likeness (QED) is 0.111. The van der Waals surface area contributed by atoms with Crippen molar-refractivity contribution in [2.75, 3.05) is 19.8 Å². The number of para-hydroxylation sites is 2. The van der Waals surface area contributed by atoms with Crippen molar-refractivity contribution in [1.29, 1.82) is 0 Å². The molecule has 48 heavy (non-hydrogen) atoms. The first-order valence-electron chi connectivity index (χ1n) is 14.7. The van der Waals surface area contributed by atoms with E-state index in [1.807, 2.05) is 0 Å². The molecule has 0 aromatic heterocycles. The van der Waals surface area contributed by atoms with Gasteiger partial charge in [0.15, 0.2) is 0 Å². The van der Waals surface area contributed by atoms with E-state index in [0.717, 1.165) is 5.57 Å². The number of carboxylic acid groups (broad SMARTS) is 1. The van der Waals surface area contributed by atoms with Crippen LogP contribution in [-0.4, -0.2) is 59.2 Å². The van der Waals surface area contributed by atoms with Gasteiger partial charge >= 0.3 is 18.3 Å². The van der Waals surface area contributed by atoms with E-state index in [1.54, 1.807) is 42.5 Å². The Morgan fingerprint density at radius 1 is 0.854 bits per heavy atom. The molecule has 1 N–H and O–H groups in total. The van der Waals surface area contributed by atoms with E-state index in [1.165, 1.54) is 56.3 Å². The summed E-state index contributed by atoms with van der Waals surface area (Å²) in [4.78, 5) is 56.7. The average Bonchev–Trinajstić information content (AvgIpc) is 3.04. The predicted octanol–water partition coefficient (Wildman–Crippen LogP) is 6.86. The van der Waals surface area contributed by atoms with Gasteiger partial charge in [-0.05, 0) is 55.4 Å². The molecule has 254 valence electrons. The smallest absolute Gasteiger partial charge is 0.481 e. The number of hydrogen-bond donors (Lipinski definition) is 1. The summed E-state index contributed by atoms with van der Waals surface area (Å²) >= 11 is 0. The largest absolute Gasteiger partial charge is 0.509 e. The van der Waals surface area contributed by atoms with Gasteiger partial charge in [-0.25, -0.2) is 9.59 Å². The van der Waals surface area contributed by atoms with Crippen molar-refractivity contribution in [3.05, 3.63) is 127 Å². The van der Waals surface area contributed by atoms with E-state index in [4.69, 9.17) is 28.8 Å². The number of ether oxygens (including phenoxy) is 5. The lowest BCUT2D eigenvalue weighted by molar-refractivity contribution is -0.386. The van der Waals surface area contributed by atoms with Crippen LogP contribution in [0.1, 0.15) is 50.0 Å². The van der Waals surface area contributed by atoms with Gasteiger partial charge in [0.2, 0.25) is 0 Å². The number of nitro groups is 2. The molecule has 0 bridgehead atoms. The minimum Gasteiger partial charge on any atom is -0.481 e. The van der Waals surface area contributed by atoms with Gasteiger partial charge in [0.05, 0.1) is 40.1 Å². The third-order valence-electron chi connectivity index (χ3n) is 6.74. The van der Waals surface area contributed by atoms with Crippen LogP contribution in [0.25, 0.3) is 0 Å². The Kier molecular flexibility index (Phi) is 14.0. The van der Waals surface area contributed by atoms with Crippen LogP contribution in [0, 0.1) is 20.2 Å². The van der Waals surface area contributed by atoms with Crippen molar-refractivity contribution >= 4 is 29.7 Å². The van der Waals surface area contributed by atoms with Crippen LogP contribution in [0.4, 0.5) is 21.0 Å². The van der Waals surface area contributed by atoms with Crippen LogP contribution in [0.2, 0.25) is 0 Å². The first-order valence-corrected chi connectivity index (χ1v) is 14.7. The molecule has 3 unspecified atom stereocenters. The highest BCUT2D eigenvalue weighted by Gasteiger charge is 2.23. The third kappa shape index (κ3) is 11.8. The number of allylic oxidation sites excluding steroid dienone is 4. The number of nitro benzene ring substituents is 2. The first-order chi connectivity index (χ1) is 22.9. The van der Waals surface area contributed by atoms with Crippen LogP contribution in [0.3, 0.4) is 0 Å². The maximum atomic E-state index is 12.2. The van der Waals surface area contributed by atoms with E-state index >= 15 is 0 Å². The Hall–Kier alpha value is -5.83. The minimum absolute atomic E-state index is 0.0239. The number of nitrogens with zero attached hydrogens (tertiary/aromatic N) is 2. The van der Waals surface area contributed by atoms with Crippen LogP contribution in [-0.2, 0) is 28.5 Å². The second-order valence-corrected chi connectivity index (χ2v) is 10.2. The van der Waals surface area contributed by atoms with Crippen LogP contribution < -0.4 is 0 Å². The van der Waals surface area contributed by atoms with Gasteiger partial charge < -0.3 is 28.8 Å². The summed E-state index contributed by atoms with van der Waals surface area (Å²) in [5.41, 5.74) is 1.48. The Morgan fingerprint density at radius 3 is 1.85 bits per heavy atom. The topological polar surface area (TPSA) is 204 Å². The van der Waals surface area contributed by atoms with Gasteiger partial charge in [0.1, 0.15) is 25.4 Å². The molecule has 0 saturated heterocycles. The zero-order chi connectivity index (χ0) is 35.1. The van der Waals surface area contributed by atoms with Gasteiger partial charge in [-0.15, -0.1) is 0 Å². The molecule has 2 aromatic rings. The van der Waals surface area contributed by atoms with Crippen LogP contribution in [0.5, 0.6) is 0 Å². The Morgan fingerprint density at radius 2 is 1.35 bits per heavy atom. The second-order valence-electron chi connectivity index (χ2n) is 10.2. The maximum absolute atomic E-state index is 12.2. The zero-order valence-electron chi connectivity index (χ0n) is 26.1. The van der Waals surface area contributed by atoms with E-state index in [0.29, 0.717) is 12.0 Å². The van der Waals surface area contributed by atoms with Crippen LogP contribution in [0.15, 0.2) is 96.1 Å². The fraction of sp³-hybridized carbons (Fsp3) is 0.303. The standard InChI is InChI=1S/C33H34N2O13/c1-22(27-11-3-5-13-29(27)34(40)41)47-32(38)45-16-7-9-24-19-25(21-26(20-24)44-18-15-31(36)37)10-8-17-46-33(39)48-23(2)28-12-4-6-14-30(28)35(42)43/h3-14,19-20,22-23,26H,15-18,21H2,1-2H3,(H,36,37)/b9-7+,10-8+. The Labute approximate surface area is 275 Å². The summed E-state index contributed by atoms with van der Waals surface area (Å²) in [7, 11) is 0. The van der Waals surface area contributed by atoms with Crippen molar-refractivity contribution in [2.24, 2.45) is 0 Å². The highest BCUT2D eigenvalue weighted by molar-refractivity contribution is 5.66. The van der Waals surface area contributed by atoms with Crippen molar-refractivity contribution in [3.63, 3.8) is 0 Å². The Balaban J connectivity index is 1.55. The molecule has 0 radical (unpaired) electrons. The summed E-state index contributed by atoms with van der Waals surface area (Å²) in [6.07, 6.45) is 5.83. The number of carboxylic acids is 1. The molecule has 15 heteroatoms. The number of rotatable bonds is 16. The molecule has 0 heterocycles. The number of hydrogen-bond acceptors (Lipinski definition) is 12. The normalized spacial score (nSPS) is 15.6. The lowest BCUT2D eigenvalue weighted by Crippen LogP contribution is -2.16. The molecule has 0 aliphatic heterocycles. The molecule has 1 aliphatic rings. The van der Waals surface area contributed by atoms with Gasteiger partial charge in [0.25, 0.3) is 11.4 Å². The monoisotopic (exact) mass is 666 g/mol. The molecule has 2 aromatic carbocycles. The maximum Gasteiger partial charge on any atom is 0.509 e. The van der Waals surface area contributed by atoms with Crippen molar-refractivity contribution in [1.82, 2.24) is 0 Å². The third-order valence-corrected chi connectivity index (χ3v) is 6.74. The lowest BCUT2D eigenvalue weighted by atomic mass is 9.96. The van der Waals surface area contributed by atoms with Gasteiger partial charge in [-0.3, -0.25) is 25.0 Å². The number of carbonyl (C=O) groups excluding carboxylic acids is 2. The molecule has 0 saturated carbocycles. The van der Waals surface area contributed by atoms with Crippen molar-refractivity contribution in [3.8, 4) is 0 Å². The molecule has 15 nitrogen and oxygen atoms in total. The summed E-state index contributed by atoms with van der Waals surface area (Å²) in [5, 5.41) is 31.4. The molecule has 1 aliphatic carbocycles. The fourth-order valence-electron chi connectivity index (χ4n) is 4.55. The van der Waals surface area contributed by atoms with Gasteiger partial charge in [-0.1, -0.05) is 42.5 Å². The first kappa shape index (κ1) is 36.6. The minimum atomic E-state index is -1.02. The van der Waals surface area contributed by atoms with E-state index in [2.05, 4.69) is 0 Å². The summed E-state index contributed by atoms with van der Waals surface area (Å²) in [6.45, 7) is 2.61. The number of carbonyl (C=O) groups is 3. The van der Waals surface area contributed by atoms with Gasteiger partial charge in [0, 0.05) is 18.6 Å². The van der Waals surface area contributed by atoms with E-state index in [9.17, 15) is 34.6 Å². The zero-order valence-corrected chi connectivity index (χ0v) is 26.1. The average molecular weight is 667 g/mol. The highest BCUT2D eigenvalue weighted by Crippen LogP contribution is 2.28. The molecule has 0 amide bonds. The predicted molar refractivity (Wildman–Crippen MR) is 169 cm³/mol. The second kappa shape index (κ2) is 18.3. The van der Waals surface area contributed by atoms with Crippen LogP contribution >= 0.6 is 0 Å². The van der Waals surface area contributed by atoms with Crippen molar-refractivity contribution in [2.45, 2.75) is 45.0 Å². The summed E-state index contributed by atoms with van der Waals surface area (Å²) in [6, 6.07) is 11.8. The molecular weight excluding hydrogens is 632 g/mol. The Bertz CT molecular complexity index is 1610. The highest BCUT2D eigenvalue weighted by atomic mass is 16.7. The number of benzene rings is 2. The number of aliphatic carboxylic acids is 1. The summed E-state index contributed by atoms with van der Waals surface area (Å²) in [5.74, 6) is -1.01. The van der Waals surface area contributed by atoms with E-state index < -0.39 is 46.4 Å². The van der Waals surface area contributed by atoms with Gasteiger partial charge in [-0.2, -0.15) is 0 Å². The molecule has 0 fully saturated rings. The summed E-state index contributed by atoms with van der Waals surface area (Å²) < 4.78 is 26.2. The van der Waals surface area contributed by atoms with E-state index in [-0.39, 0.29) is 48.7 Å². The molecule has 3 rings (SSSR count). The molecule has 0 spiro atoms. The fourth-order valence-corrected chi connectivity index (χ4v) is 4.55.